The predicted molar refractivity (Wildman–Crippen MR) is 85.9 cm³/mol. The van der Waals surface area contributed by atoms with E-state index in [2.05, 4.69) is 5.32 Å². The van der Waals surface area contributed by atoms with Gasteiger partial charge >= 0.3 is 0 Å². The normalized spacial score (nSPS) is 15.9. The van der Waals surface area contributed by atoms with Crippen LogP contribution in [0.3, 0.4) is 0 Å². The summed E-state index contributed by atoms with van der Waals surface area (Å²) in [5, 5.41) is 3.49. The molecule has 0 unspecified atom stereocenters. The van der Waals surface area contributed by atoms with Gasteiger partial charge in [-0.3, -0.25) is 0 Å². The van der Waals surface area contributed by atoms with Crippen molar-refractivity contribution < 1.29 is 8.42 Å². The van der Waals surface area contributed by atoms with Gasteiger partial charge < -0.3 is 5.32 Å². The molecule has 1 N–H and O–H groups in total. The van der Waals surface area contributed by atoms with Crippen LogP contribution in [0.4, 0.5) is 0 Å². The fraction of sp³-hybridized carbons (Fsp3) is 0.625. The van der Waals surface area contributed by atoms with E-state index in [0.717, 1.165) is 25.4 Å². The van der Waals surface area contributed by atoms with Gasteiger partial charge in [-0.05, 0) is 63.8 Å². The summed E-state index contributed by atoms with van der Waals surface area (Å²) in [6.07, 6.45) is 4.71. The van der Waals surface area contributed by atoms with Crippen LogP contribution >= 0.6 is 0 Å². The predicted octanol–water partition coefficient (Wildman–Crippen LogP) is 2.40. The maximum Gasteiger partial charge on any atom is 0.243 e. The van der Waals surface area contributed by atoms with Crippen molar-refractivity contribution in [2.45, 2.75) is 56.5 Å². The summed E-state index contributed by atoms with van der Waals surface area (Å²) in [4.78, 5) is 0.374. The van der Waals surface area contributed by atoms with E-state index in [4.69, 9.17) is 0 Å². The molecule has 1 aromatic carbocycles. The van der Waals surface area contributed by atoms with E-state index in [1.54, 1.807) is 19.2 Å². The molecule has 118 valence electrons. The Balaban J connectivity index is 1.91. The van der Waals surface area contributed by atoms with E-state index < -0.39 is 10.0 Å². The highest BCUT2D eigenvalue weighted by atomic mass is 32.2. The van der Waals surface area contributed by atoms with Gasteiger partial charge in [-0.25, -0.2) is 8.42 Å². The smallest absolute Gasteiger partial charge is 0.243 e. The Labute approximate surface area is 128 Å². The van der Waals surface area contributed by atoms with Crippen LogP contribution in [0.25, 0.3) is 0 Å². The Morgan fingerprint density at radius 3 is 2.38 bits per heavy atom. The first-order valence-corrected chi connectivity index (χ1v) is 9.15. The molecular weight excluding hydrogens is 284 g/mol. The first-order chi connectivity index (χ1) is 9.91. The average Bonchev–Trinajstić information content (AvgIpc) is 3.27. The van der Waals surface area contributed by atoms with Crippen molar-refractivity contribution in [3.05, 3.63) is 29.8 Å². The lowest BCUT2D eigenvalue weighted by Gasteiger charge is -2.21. The molecule has 0 aliphatic heterocycles. The zero-order chi connectivity index (χ0) is 15.5. The van der Waals surface area contributed by atoms with Crippen LogP contribution in [-0.4, -0.2) is 38.4 Å². The van der Waals surface area contributed by atoms with Crippen LogP contribution in [0.2, 0.25) is 0 Å². The molecule has 0 aromatic heterocycles. The molecule has 1 aliphatic carbocycles. The lowest BCUT2D eigenvalue weighted by Crippen LogP contribution is -2.33. The monoisotopic (exact) mass is 310 g/mol. The standard InChI is InChI=1S/C16H26N2O2S/c1-13(2)18(3)21(19,20)16-10-6-14(7-11-16)5-4-12-17-15-8-9-15/h6-7,10-11,13,15,17H,4-5,8-9,12H2,1-3H3. The summed E-state index contributed by atoms with van der Waals surface area (Å²) >= 11 is 0. The molecule has 5 heteroatoms. The van der Waals surface area contributed by atoms with E-state index in [9.17, 15) is 8.42 Å². The molecule has 2 rings (SSSR count). The molecule has 0 saturated heterocycles. The molecule has 1 saturated carbocycles. The number of rotatable bonds is 8. The lowest BCUT2D eigenvalue weighted by molar-refractivity contribution is 0.410. The molecule has 0 atom stereocenters. The Hall–Kier alpha value is -0.910. The number of hydrogen-bond donors (Lipinski definition) is 1. The zero-order valence-electron chi connectivity index (χ0n) is 13.2. The summed E-state index contributed by atoms with van der Waals surface area (Å²) in [7, 11) is -1.74. The highest BCUT2D eigenvalue weighted by Gasteiger charge is 2.22. The number of benzene rings is 1. The molecule has 0 radical (unpaired) electrons. The van der Waals surface area contributed by atoms with Crippen LogP contribution in [0.5, 0.6) is 0 Å². The highest BCUT2D eigenvalue weighted by Crippen LogP contribution is 2.19. The van der Waals surface area contributed by atoms with E-state index >= 15 is 0 Å². The minimum absolute atomic E-state index is 0.0387. The van der Waals surface area contributed by atoms with E-state index in [-0.39, 0.29) is 6.04 Å². The van der Waals surface area contributed by atoms with Crippen molar-refractivity contribution in [1.29, 1.82) is 0 Å². The molecular formula is C16H26N2O2S. The van der Waals surface area contributed by atoms with Gasteiger partial charge in [0.15, 0.2) is 0 Å². The zero-order valence-corrected chi connectivity index (χ0v) is 14.0. The third-order valence-electron chi connectivity index (χ3n) is 3.98. The molecule has 0 spiro atoms. The molecule has 1 aromatic rings. The maximum absolute atomic E-state index is 12.3. The Morgan fingerprint density at radius 2 is 1.86 bits per heavy atom. The van der Waals surface area contributed by atoms with Crippen LogP contribution < -0.4 is 5.32 Å². The SMILES string of the molecule is CC(C)N(C)S(=O)(=O)c1ccc(CCCNC2CC2)cc1. The van der Waals surface area contributed by atoms with Crippen molar-refractivity contribution in [1.82, 2.24) is 9.62 Å². The van der Waals surface area contributed by atoms with Gasteiger partial charge in [0, 0.05) is 19.1 Å². The highest BCUT2D eigenvalue weighted by molar-refractivity contribution is 7.89. The van der Waals surface area contributed by atoms with Crippen molar-refractivity contribution in [2.24, 2.45) is 0 Å². The van der Waals surface area contributed by atoms with Gasteiger partial charge in [0.25, 0.3) is 0 Å². The van der Waals surface area contributed by atoms with Crippen molar-refractivity contribution in [2.75, 3.05) is 13.6 Å². The summed E-state index contributed by atoms with van der Waals surface area (Å²) in [5.74, 6) is 0. The first-order valence-electron chi connectivity index (χ1n) is 7.71. The van der Waals surface area contributed by atoms with Crippen LogP contribution in [-0.2, 0) is 16.4 Å². The molecule has 1 aliphatic rings. The van der Waals surface area contributed by atoms with E-state index in [1.165, 1.54) is 22.7 Å². The second-order valence-electron chi connectivity index (χ2n) is 6.09. The van der Waals surface area contributed by atoms with Crippen molar-refractivity contribution in [3.8, 4) is 0 Å². The van der Waals surface area contributed by atoms with Gasteiger partial charge in [-0.2, -0.15) is 4.31 Å². The van der Waals surface area contributed by atoms with Gasteiger partial charge in [0.2, 0.25) is 10.0 Å². The fourth-order valence-corrected chi connectivity index (χ4v) is 3.53. The van der Waals surface area contributed by atoms with Gasteiger partial charge in [-0.1, -0.05) is 12.1 Å². The minimum atomic E-state index is -3.36. The second-order valence-corrected chi connectivity index (χ2v) is 8.09. The van der Waals surface area contributed by atoms with Crippen LogP contribution in [0.1, 0.15) is 38.7 Å². The Kier molecular flexibility index (Phi) is 5.41. The quantitative estimate of drug-likeness (QED) is 0.750. The fourth-order valence-electron chi connectivity index (χ4n) is 2.16. The molecule has 1 fully saturated rings. The third kappa shape index (κ3) is 4.53. The average molecular weight is 310 g/mol. The molecule has 21 heavy (non-hydrogen) atoms. The number of hydrogen-bond acceptors (Lipinski definition) is 3. The molecule has 0 heterocycles. The molecule has 4 nitrogen and oxygen atoms in total. The van der Waals surface area contributed by atoms with Crippen molar-refractivity contribution in [3.63, 3.8) is 0 Å². The number of aryl methyl sites for hydroxylation is 1. The molecule has 0 bridgehead atoms. The number of nitrogens with one attached hydrogen (secondary N) is 1. The van der Waals surface area contributed by atoms with Crippen molar-refractivity contribution >= 4 is 10.0 Å². The number of sulfonamides is 1. The van der Waals surface area contributed by atoms with E-state index in [0.29, 0.717) is 4.90 Å². The van der Waals surface area contributed by atoms with Gasteiger partial charge in [0.1, 0.15) is 0 Å². The van der Waals surface area contributed by atoms with Gasteiger partial charge in [0.05, 0.1) is 4.90 Å². The largest absolute Gasteiger partial charge is 0.314 e. The van der Waals surface area contributed by atoms with Gasteiger partial charge in [-0.15, -0.1) is 0 Å². The minimum Gasteiger partial charge on any atom is -0.314 e. The van der Waals surface area contributed by atoms with Crippen LogP contribution in [0.15, 0.2) is 29.2 Å². The third-order valence-corrected chi connectivity index (χ3v) is 6.03. The lowest BCUT2D eigenvalue weighted by atomic mass is 10.1. The summed E-state index contributed by atoms with van der Waals surface area (Å²) in [6.45, 7) is 4.79. The molecule has 0 amide bonds. The van der Waals surface area contributed by atoms with E-state index in [1.807, 2.05) is 26.0 Å². The summed E-state index contributed by atoms with van der Waals surface area (Å²) in [5.41, 5.74) is 1.19. The maximum atomic E-state index is 12.3. The summed E-state index contributed by atoms with van der Waals surface area (Å²) < 4.78 is 26.1. The Bertz CT molecular complexity index is 548. The Morgan fingerprint density at radius 1 is 1.24 bits per heavy atom. The van der Waals surface area contributed by atoms with Crippen LogP contribution in [0, 0.1) is 0 Å². The second kappa shape index (κ2) is 6.90. The summed E-state index contributed by atoms with van der Waals surface area (Å²) in [6, 6.07) is 8.01. The topological polar surface area (TPSA) is 49.4 Å². The number of nitrogens with zero attached hydrogens (tertiary/aromatic N) is 1. The first kappa shape index (κ1) is 16.5.